The van der Waals surface area contributed by atoms with Gasteiger partial charge in [-0.1, -0.05) is 30.3 Å². The van der Waals surface area contributed by atoms with E-state index in [9.17, 15) is 9.90 Å². The summed E-state index contributed by atoms with van der Waals surface area (Å²) in [6.07, 6.45) is 0.912. The number of carbonyl (C=O) groups excluding carboxylic acids is 1. The summed E-state index contributed by atoms with van der Waals surface area (Å²) in [7, 11) is 0. The predicted octanol–water partition coefficient (Wildman–Crippen LogP) is 1.82. The van der Waals surface area contributed by atoms with E-state index in [1.807, 2.05) is 35.7 Å². The van der Waals surface area contributed by atoms with Crippen LogP contribution in [0.3, 0.4) is 0 Å². The molecule has 23 heavy (non-hydrogen) atoms. The highest BCUT2D eigenvalue weighted by atomic mass is 32.1. The molecule has 1 unspecified atom stereocenters. The molecule has 124 valence electrons. The number of nitrogens with zero attached hydrogens (tertiary/aromatic N) is 1. The van der Waals surface area contributed by atoms with Crippen LogP contribution in [0.2, 0.25) is 0 Å². The van der Waals surface area contributed by atoms with E-state index in [0.717, 1.165) is 11.4 Å². The predicted molar refractivity (Wildman–Crippen MR) is 92.2 cm³/mol. The third-order valence-electron chi connectivity index (χ3n) is 3.40. The summed E-state index contributed by atoms with van der Waals surface area (Å²) < 4.78 is 0. The minimum atomic E-state index is -0.625. The number of benzene rings is 1. The fourth-order valence-corrected chi connectivity index (χ4v) is 2.98. The lowest BCUT2D eigenvalue weighted by Crippen LogP contribution is -2.46. The number of aliphatic hydroxyl groups is 1. The van der Waals surface area contributed by atoms with Crippen LogP contribution in [0.15, 0.2) is 35.7 Å². The molecule has 6 heteroatoms. The second kappa shape index (κ2) is 7.68. The van der Waals surface area contributed by atoms with Crippen LogP contribution in [0.5, 0.6) is 0 Å². The molecular formula is C17H23N3O2S. The van der Waals surface area contributed by atoms with Crippen molar-refractivity contribution < 1.29 is 9.90 Å². The summed E-state index contributed by atoms with van der Waals surface area (Å²) in [5.41, 5.74) is 7.46. The Morgan fingerprint density at radius 3 is 2.74 bits per heavy atom. The van der Waals surface area contributed by atoms with Crippen LogP contribution in [-0.4, -0.2) is 28.1 Å². The Bertz CT molecular complexity index is 640. The Hall–Kier alpha value is -1.76. The van der Waals surface area contributed by atoms with Crippen molar-refractivity contribution in [3.63, 3.8) is 0 Å². The van der Waals surface area contributed by atoms with Gasteiger partial charge in [-0.3, -0.25) is 4.79 Å². The highest BCUT2D eigenvalue weighted by Gasteiger charge is 2.20. The largest absolute Gasteiger partial charge is 0.394 e. The summed E-state index contributed by atoms with van der Waals surface area (Å²) in [4.78, 5) is 16.4. The average molecular weight is 333 g/mol. The molecule has 0 aliphatic rings. The number of rotatable bonds is 7. The van der Waals surface area contributed by atoms with Crippen LogP contribution in [0, 0.1) is 0 Å². The Labute approximate surface area is 140 Å². The van der Waals surface area contributed by atoms with E-state index in [1.54, 1.807) is 13.8 Å². The van der Waals surface area contributed by atoms with E-state index in [2.05, 4.69) is 10.3 Å². The van der Waals surface area contributed by atoms with E-state index in [4.69, 9.17) is 5.73 Å². The van der Waals surface area contributed by atoms with Gasteiger partial charge in [0, 0.05) is 5.38 Å². The van der Waals surface area contributed by atoms with Gasteiger partial charge in [-0.15, -0.1) is 11.3 Å². The third kappa shape index (κ3) is 5.42. The van der Waals surface area contributed by atoms with Crippen molar-refractivity contribution in [3.05, 3.63) is 52.0 Å². The molecule has 0 spiro atoms. The maximum absolute atomic E-state index is 12.0. The van der Waals surface area contributed by atoms with Crippen LogP contribution in [0.1, 0.15) is 36.2 Å². The van der Waals surface area contributed by atoms with Crippen molar-refractivity contribution >= 4 is 17.2 Å². The zero-order valence-electron chi connectivity index (χ0n) is 13.5. The maximum atomic E-state index is 12.0. The minimum Gasteiger partial charge on any atom is -0.394 e. The molecule has 1 amide bonds. The standard InChI is InChI=1S/C17H23N3O2S/c1-17(2,11-21)20-15(22)9-13-10-23-16(19-13)14(18)8-12-6-4-3-5-7-12/h3-7,10,14,21H,8-9,11,18H2,1-2H3,(H,20,22). The number of hydrogen-bond donors (Lipinski definition) is 3. The number of nitrogens with one attached hydrogen (secondary N) is 1. The topological polar surface area (TPSA) is 88.2 Å². The number of nitrogens with two attached hydrogens (primary N) is 1. The van der Waals surface area contributed by atoms with Gasteiger partial charge in [-0.25, -0.2) is 4.98 Å². The van der Waals surface area contributed by atoms with Crippen LogP contribution in [0.25, 0.3) is 0 Å². The molecule has 5 nitrogen and oxygen atoms in total. The number of carbonyl (C=O) groups is 1. The van der Waals surface area contributed by atoms with Crippen LogP contribution in [0.4, 0.5) is 0 Å². The number of aromatic nitrogens is 1. The third-order valence-corrected chi connectivity index (χ3v) is 4.43. The van der Waals surface area contributed by atoms with Crippen molar-refractivity contribution in [1.82, 2.24) is 10.3 Å². The number of aliphatic hydroxyl groups excluding tert-OH is 1. The molecule has 0 saturated carbocycles. The molecule has 1 atom stereocenters. The van der Waals surface area contributed by atoms with Gasteiger partial charge in [-0.05, 0) is 25.8 Å². The highest BCUT2D eigenvalue weighted by Crippen LogP contribution is 2.20. The molecule has 0 bridgehead atoms. The summed E-state index contributed by atoms with van der Waals surface area (Å²) in [6.45, 7) is 3.43. The van der Waals surface area contributed by atoms with Gasteiger partial charge in [0.05, 0.1) is 30.3 Å². The van der Waals surface area contributed by atoms with Gasteiger partial charge < -0.3 is 16.2 Å². The first-order valence-corrected chi connectivity index (χ1v) is 8.43. The molecule has 0 fully saturated rings. The van der Waals surface area contributed by atoms with Gasteiger partial charge in [0.1, 0.15) is 5.01 Å². The van der Waals surface area contributed by atoms with Gasteiger partial charge in [0.15, 0.2) is 0 Å². The van der Waals surface area contributed by atoms with Crippen LogP contribution >= 0.6 is 11.3 Å². The van der Waals surface area contributed by atoms with E-state index in [1.165, 1.54) is 16.9 Å². The molecule has 0 radical (unpaired) electrons. The molecule has 4 N–H and O–H groups in total. The normalized spacial score (nSPS) is 12.9. The molecule has 0 aliphatic heterocycles. The summed E-state index contributed by atoms with van der Waals surface area (Å²) >= 11 is 1.48. The van der Waals surface area contributed by atoms with Gasteiger partial charge in [0.2, 0.25) is 5.91 Å². The average Bonchev–Trinajstić information content (AvgIpc) is 2.96. The molecule has 0 aliphatic carbocycles. The summed E-state index contributed by atoms with van der Waals surface area (Å²) in [6, 6.07) is 9.86. The molecule has 1 aromatic heterocycles. The quantitative estimate of drug-likeness (QED) is 0.721. The van der Waals surface area contributed by atoms with Crippen molar-refractivity contribution in [2.75, 3.05) is 6.61 Å². The zero-order chi connectivity index (χ0) is 16.9. The first kappa shape index (κ1) is 17.6. The van der Waals surface area contributed by atoms with E-state index in [0.29, 0.717) is 5.69 Å². The molecule has 1 heterocycles. The van der Waals surface area contributed by atoms with E-state index in [-0.39, 0.29) is 25.0 Å². The number of amides is 1. The summed E-state index contributed by atoms with van der Waals surface area (Å²) in [5.74, 6) is -0.155. The van der Waals surface area contributed by atoms with Gasteiger partial charge in [-0.2, -0.15) is 0 Å². The van der Waals surface area contributed by atoms with Crippen LogP contribution in [-0.2, 0) is 17.6 Å². The van der Waals surface area contributed by atoms with Crippen molar-refractivity contribution in [1.29, 1.82) is 0 Å². The maximum Gasteiger partial charge on any atom is 0.226 e. The number of thiazole rings is 1. The van der Waals surface area contributed by atoms with E-state index < -0.39 is 5.54 Å². The monoisotopic (exact) mass is 333 g/mol. The Morgan fingerprint density at radius 1 is 1.39 bits per heavy atom. The fourth-order valence-electron chi connectivity index (χ4n) is 2.16. The highest BCUT2D eigenvalue weighted by molar-refractivity contribution is 7.09. The fraction of sp³-hybridized carbons (Fsp3) is 0.412. The summed E-state index contributed by atoms with van der Waals surface area (Å²) in [5, 5.41) is 14.7. The van der Waals surface area contributed by atoms with Crippen LogP contribution < -0.4 is 11.1 Å². The first-order chi connectivity index (χ1) is 10.9. The van der Waals surface area contributed by atoms with Crippen molar-refractivity contribution in [3.8, 4) is 0 Å². The Balaban J connectivity index is 1.93. The molecule has 0 saturated heterocycles. The number of hydrogen-bond acceptors (Lipinski definition) is 5. The lowest BCUT2D eigenvalue weighted by atomic mass is 10.1. The van der Waals surface area contributed by atoms with Gasteiger partial charge >= 0.3 is 0 Å². The van der Waals surface area contributed by atoms with Crippen molar-refractivity contribution in [2.24, 2.45) is 5.73 Å². The second-order valence-corrected chi connectivity index (χ2v) is 7.13. The lowest BCUT2D eigenvalue weighted by molar-refractivity contribution is -0.122. The molecule has 2 rings (SSSR count). The van der Waals surface area contributed by atoms with Crippen molar-refractivity contribution in [2.45, 2.75) is 38.3 Å². The second-order valence-electron chi connectivity index (χ2n) is 6.24. The lowest BCUT2D eigenvalue weighted by Gasteiger charge is -2.23. The van der Waals surface area contributed by atoms with Gasteiger partial charge in [0.25, 0.3) is 0 Å². The molecule has 1 aromatic carbocycles. The molecular weight excluding hydrogens is 310 g/mol. The molecule has 2 aromatic rings. The SMILES string of the molecule is CC(C)(CO)NC(=O)Cc1csc(C(N)Cc2ccccc2)n1. The first-order valence-electron chi connectivity index (χ1n) is 7.55. The Kier molecular flexibility index (Phi) is 5.87. The van der Waals surface area contributed by atoms with E-state index >= 15 is 0 Å². The Morgan fingerprint density at radius 2 is 2.09 bits per heavy atom. The smallest absolute Gasteiger partial charge is 0.226 e. The minimum absolute atomic E-state index is 0.108. The zero-order valence-corrected chi connectivity index (χ0v) is 14.3.